The molecule has 0 aromatic carbocycles. The third-order valence-electron chi connectivity index (χ3n) is 7.56. The Bertz CT molecular complexity index is 1690. The number of aliphatic carboxylic acids is 1. The number of aliphatic hydroxyl groups excluding tert-OH is 4. The fourth-order valence-corrected chi connectivity index (χ4v) is 7.47. The monoisotopic (exact) mass is 864 g/mol. The van der Waals surface area contributed by atoms with Crippen molar-refractivity contribution in [3.8, 4) is 0 Å². The maximum absolute atomic E-state index is 12.4. The molecule has 3 aliphatic rings. The van der Waals surface area contributed by atoms with E-state index in [9.17, 15) is 77.7 Å². The van der Waals surface area contributed by atoms with E-state index < -0.39 is 153 Å². The third-order valence-corrected chi connectivity index (χ3v) is 9.60. The molecule has 0 saturated carbocycles. The molecule has 312 valence electrons. The predicted octanol–water partition coefficient (Wildman–Crippen LogP) is -7.72. The summed E-state index contributed by atoms with van der Waals surface area (Å²) in [6.45, 7) is -2.31. The molecule has 33 heteroatoms. The summed E-state index contributed by atoms with van der Waals surface area (Å²) >= 11 is 0. The average molecular weight is 865 g/mol. The lowest BCUT2D eigenvalue weighted by Gasteiger charge is -2.49. The first-order valence-electron chi connectivity index (χ1n) is 14.2. The van der Waals surface area contributed by atoms with Gasteiger partial charge in [-0.3, -0.25) is 18.2 Å². The second-order valence-corrected chi connectivity index (χ2v) is 15.6. The van der Waals surface area contributed by atoms with Crippen LogP contribution in [0.4, 0.5) is 0 Å². The van der Waals surface area contributed by atoms with Gasteiger partial charge >= 0.3 is 47.4 Å². The van der Waals surface area contributed by atoms with Crippen LogP contribution in [0.1, 0.15) is 0 Å². The van der Waals surface area contributed by atoms with E-state index in [1.165, 1.54) is 9.44 Å². The van der Waals surface area contributed by atoms with Crippen LogP contribution in [-0.4, -0.2) is 203 Å². The van der Waals surface area contributed by atoms with Gasteiger partial charge in [0.2, 0.25) is 0 Å². The normalized spacial score (nSPS) is 39.1. The van der Waals surface area contributed by atoms with Crippen LogP contribution in [0.5, 0.6) is 0 Å². The Hall–Kier alpha value is -1.49. The number of methoxy groups -OCH3 is 2. The Kier molecular flexibility index (Phi) is 15.4. The van der Waals surface area contributed by atoms with Crippen molar-refractivity contribution in [2.75, 3.05) is 27.4 Å². The maximum Gasteiger partial charge on any atom is 0.397 e. The van der Waals surface area contributed by atoms with Gasteiger partial charge in [-0.15, -0.1) is 0 Å². The zero-order chi connectivity index (χ0) is 40.4. The SMILES string of the molecule is CO[C@H]1O[C@H](CO)[C@@H](O[C@@H]2O[C@@H](C(=O)O)[C@@H](O[C@@H]3O[C@H](COS(=O)(=O)O)[C@@H](OC)[C@H](O)[C@H]3NS(=O)(=O)O)[C@H](O)[C@H]2OS(=O)(=O)O)[C@H](O)[C@H]1NS(=O)(=O)O. The third kappa shape index (κ3) is 12.5. The van der Waals surface area contributed by atoms with Crippen molar-refractivity contribution in [1.82, 2.24) is 9.44 Å². The van der Waals surface area contributed by atoms with Gasteiger partial charge < -0.3 is 58.7 Å². The molecule has 0 radical (unpaired) electrons. The van der Waals surface area contributed by atoms with Crippen LogP contribution in [-0.2, 0) is 87.7 Å². The molecule has 3 rings (SSSR count). The molecule has 0 spiro atoms. The number of carbonyl (C=O) groups is 1. The van der Waals surface area contributed by atoms with Crippen LogP contribution in [0.25, 0.3) is 0 Å². The largest absolute Gasteiger partial charge is 0.479 e. The van der Waals surface area contributed by atoms with Gasteiger partial charge in [-0.25, -0.2) is 13.2 Å². The van der Waals surface area contributed by atoms with Crippen LogP contribution in [0.2, 0.25) is 0 Å². The Labute approximate surface area is 299 Å². The summed E-state index contributed by atoms with van der Waals surface area (Å²) in [6.07, 6.45) is -29.4. The van der Waals surface area contributed by atoms with Gasteiger partial charge in [0.25, 0.3) is 0 Å². The smallest absolute Gasteiger partial charge is 0.397 e. The minimum absolute atomic E-state index is 0.895. The van der Waals surface area contributed by atoms with Crippen molar-refractivity contribution in [2.45, 2.75) is 92.0 Å². The molecular weight excluding hydrogens is 828 g/mol. The molecule has 29 nitrogen and oxygen atoms in total. The molecule has 11 N–H and O–H groups in total. The summed E-state index contributed by atoms with van der Waals surface area (Å²) in [4.78, 5) is 12.4. The lowest BCUT2D eigenvalue weighted by molar-refractivity contribution is -0.359. The van der Waals surface area contributed by atoms with E-state index in [2.05, 4.69) is 8.37 Å². The molecule has 3 heterocycles. The highest BCUT2D eigenvalue weighted by Gasteiger charge is 2.58. The second kappa shape index (κ2) is 17.8. The number of carboxylic acid groups (broad SMARTS) is 1. The maximum atomic E-state index is 12.4. The summed E-state index contributed by atoms with van der Waals surface area (Å²) in [7, 11) is -19.6. The van der Waals surface area contributed by atoms with Gasteiger partial charge in [0.1, 0.15) is 60.9 Å². The van der Waals surface area contributed by atoms with E-state index in [4.69, 9.17) is 37.7 Å². The van der Waals surface area contributed by atoms with Gasteiger partial charge in [-0.2, -0.15) is 43.1 Å². The fourth-order valence-electron chi connectivity index (χ4n) is 5.48. The molecule has 0 unspecified atom stereocenters. The molecular formula is C20H36N2O27S4. The number of rotatable bonds is 17. The zero-order valence-electron chi connectivity index (χ0n) is 26.6. The molecule has 0 amide bonds. The molecule has 15 atom stereocenters. The van der Waals surface area contributed by atoms with Crippen molar-refractivity contribution in [3.05, 3.63) is 0 Å². The Morgan fingerprint density at radius 3 is 1.60 bits per heavy atom. The number of ether oxygens (including phenoxy) is 7. The number of hydrogen-bond donors (Lipinski definition) is 11. The summed E-state index contributed by atoms with van der Waals surface area (Å²) in [5, 5.41) is 53.0. The summed E-state index contributed by atoms with van der Waals surface area (Å²) < 4.78 is 178. The van der Waals surface area contributed by atoms with Gasteiger partial charge in [0, 0.05) is 14.2 Å². The van der Waals surface area contributed by atoms with Crippen molar-refractivity contribution in [2.24, 2.45) is 0 Å². The summed E-state index contributed by atoms with van der Waals surface area (Å²) in [5.74, 6) is -2.10. The van der Waals surface area contributed by atoms with Crippen LogP contribution in [0.15, 0.2) is 0 Å². The molecule has 0 bridgehead atoms. The summed E-state index contributed by atoms with van der Waals surface area (Å²) in [6, 6.07) is -4.23. The van der Waals surface area contributed by atoms with E-state index in [1.54, 1.807) is 0 Å². The van der Waals surface area contributed by atoms with Crippen LogP contribution < -0.4 is 9.44 Å². The second-order valence-electron chi connectivity index (χ2n) is 11.1. The quantitative estimate of drug-likeness (QED) is 0.0605. The highest BCUT2D eigenvalue weighted by molar-refractivity contribution is 7.84. The lowest BCUT2D eigenvalue weighted by Crippen LogP contribution is -2.70. The lowest BCUT2D eigenvalue weighted by atomic mass is 9.95. The van der Waals surface area contributed by atoms with E-state index in [0.29, 0.717) is 0 Å². The number of nitrogens with one attached hydrogen (secondary N) is 2. The standard InChI is InChI=1S/C20H36N2O27S4/c1-41-12-6(4-43-52(35,36)37)45-19(8(9(12)24)22-51(32,33)34)47-14-11(26)15(49-53(38,39)40)20(48-16(14)17(27)28)46-13-5(3-23)44-18(42-2)7(10(13)25)21-50(29,30)31/h5-16,18-26H,3-4H2,1-2H3,(H,27,28)(H,29,30,31)(H,32,33,34)(H,35,36,37)(H,38,39,40)/t5-,6-,7-,8-,9-,10-,11+,12-,13-,14+,15-,16-,18+,19+,20-/m1/s1. The highest BCUT2D eigenvalue weighted by atomic mass is 32.3. The minimum Gasteiger partial charge on any atom is -0.479 e. The molecule has 0 aromatic rings. The van der Waals surface area contributed by atoms with Crippen LogP contribution in [0.3, 0.4) is 0 Å². The molecule has 53 heavy (non-hydrogen) atoms. The van der Waals surface area contributed by atoms with Crippen molar-refractivity contribution in [3.63, 3.8) is 0 Å². The molecule has 3 aliphatic heterocycles. The van der Waals surface area contributed by atoms with Crippen molar-refractivity contribution < 1.29 is 124 Å². The highest BCUT2D eigenvalue weighted by Crippen LogP contribution is 2.35. The van der Waals surface area contributed by atoms with Crippen LogP contribution in [0, 0.1) is 0 Å². The molecule has 0 aromatic heterocycles. The molecule has 0 aliphatic carbocycles. The average Bonchev–Trinajstić information content (AvgIpc) is 3.00. The van der Waals surface area contributed by atoms with Gasteiger partial charge in [-0.1, -0.05) is 0 Å². The van der Waals surface area contributed by atoms with Crippen molar-refractivity contribution >= 4 is 47.4 Å². The van der Waals surface area contributed by atoms with Crippen molar-refractivity contribution in [1.29, 1.82) is 0 Å². The Morgan fingerprint density at radius 1 is 0.642 bits per heavy atom. The number of aliphatic hydroxyl groups is 4. The topological polar surface area (TPSA) is 443 Å². The van der Waals surface area contributed by atoms with Gasteiger partial charge in [0.05, 0.1) is 13.2 Å². The van der Waals surface area contributed by atoms with E-state index in [1.807, 2.05) is 0 Å². The Morgan fingerprint density at radius 2 is 1.15 bits per heavy atom. The van der Waals surface area contributed by atoms with Crippen LogP contribution >= 0.6 is 0 Å². The van der Waals surface area contributed by atoms with E-state index in [0.717, 1.165) is 14.2 Å². The number of carboxylic acids is 1. The predicted molar refractivity (Wildman–Crippen MR) is 157 cm³/mol. The first-order chi connectivity index (χ1) is 24.2. The Balaban J connectivity index is 2.05. The van der Waals surface area contributed by atoms with E-state index >= 15 is 0 Å². The fraction of sp³-hybridized carbons (Fsp3) is 0.950. The van der Waals surface area contributed by atoms with Gasteiger partial charge in [-0.05, 0) is 0 Å². The van der Waals surface area contributed by atoms with Gasteiger partial charge in [0.15, 0.2) is 31.1 Å². The molecule has 3 saturated heterocycles. The van der Waals surface area contributed by atoms with E-state index in [-0.39, 0.29) is 0 Å². The first-order valence-corrected chi connectivity index (χ1v) is 19.8. The zero-order valence-corrected chi connectivity index (χ0v) is 29.8. The minimum atomic E-state index is -5.71. The number of hydrogen-bond acceptors (Lipinski definition) is 22. The molecule has 3 fully saturated rings. The first kappa shape index (κ1) is 45.9. The summed E-state index contributed by atoms with van der Waals surface area (Å²) in [5.41, 5.74) is 0.